The summed E-state index contributed by atoms with van der Waals surface area (Å²) in [5.74, 6) is 0.377. The zero-order valence-corrected chi connectivity index (χ0v) is 13.9. The number of hydrogen-bond acceptors (Lipinski definition) is 2. The highest BCUT2D eigenvalue weighted by Gasteiger charge is 2.31. The van der Waals surface area contributed by atoms with Gasteiger partial charge in [0.1, 0.15) is 0 Å². The molecule has 1 fully saturated rings. The van der Waals surface area contributed by atoms with Crippen LogP contribution in [0, 0.1) is 0 Å². The van der Waals surface area contributed by atoms with Crippen molar-refractivity contribution >= 4 is 18.3 Å². The second-order valence-electron chi connectivity index (χ2n) is 5.88. The minimum atomic E-state index is -0.226. The summed E-state index contributed by atoms with van der Waals surface area (Å²) in [6.45, 7) is 1.98. The molecule has 2 unspecified atom stereocenters. The molecule has 122 valence electrons. The lowest BCUT2D eigenvalue weighted by Gasteiger charge is -2.23. The number of amides is 1. The molecule has 3 rings (SSSR count). The fourth-order valence-corrected chi connectivity index (χ4v) is 3.24. The molecule has 0 saturated carbocycles. The predicted octanol–water partition coefficient (Wildman–Crippen LogP) is 3.17. The van der Waals surface area contributed by atoms with E-state index in [-0.39, 0.29) is 24.2 Å². The second kappa shape index (κ2) is 8.14. The summed E-state index contributed by atoms with van der Waals surface area (Å²) in [4.78, 5) is 14.8. The predicted molar refractivity (Wildman–Crippen MR) is 95.9 cm³/mol. The molecule has 0 radical (unpaired) electrons. The highest BCUT2D eigenvalue weighted by atomic mass is 35.5. The van der Waals surface area contributed by atoms with Crippen LogP contribution in [0.5, 0.6) is 0 Å². The molecule has 1 saturated heterocycles. The third-order valence-electron chi connectivity index (χ3n) is 4.51. The molecule has 3 nitrogen and oxygen atoms in total. The number of rotatable bonds is 4. The molecule has 1 heterocycles. The van der Waals surface area contributed by atoms with Crippen LogP contribution >= 0.6 is 12.4 Å². The number of nitrogens with zero attached hydrogens (tertiary/aromatic N) is 1. The van der Waals surface area contributed by atoms with E-state index in [2.05, 4.69) is 24.3 Å². The van der Waals surface area contributed by atoms with Crippen molar-refractivity contribution in [2.75, 3.05) is 19.6 Å². The molecule has 2 aromatic rings. The van der Waals surface area contributed by atoms with E-state index in [1.54, 1.807) is 0 Å². The van der Waals surface area contributed by atoms with E-state index in [1.165, 1.54) is 5.56 Å². The summed E-state index contributed by atoms with van der Waals surface area (Å²) >= 11 is 0. The van der Waals surface area contributed by atoms with E-state index in [1.807, 2.05) is 41.3 Å². The van der Waals surface area contributed by atoms with Crippen molar-refractivity contribution in [2.24, 2.45) is 5.73 Å². The van der Waals surface area contributed by atoms with Crippen molar-refractivity contribution in [1.29, 1.82) is 0 Å². The van der Waals surface area contributed by atoms with Crippen molar-refractivity contribution in [3.8, 4) is 0 Å². The van der Waals surface area contributed by atoms with Crippen molar-refractivity contribution in [3.63, 3.8) is 0 Å². The molecule has 2 N–H and O–H groups in total. The zero-order chi connectivity index (χ0) is 15.4. The van der Waals surface area contributed by atoms with Crippen molar-refractivity contribution in [1.82, 2.24) is 4.90 Å². The Labute approximate surface area is 143 Å². The number of benzene rings is 2. The molecular formula is C19H23ClN2O. The lowest BCUT2D eigenvalue weighted by molar-refractivity contribution is -0.131. The molecule has 1 aliphatic rings. The Hall–Kier alpha value is -1.84. The smallest absolute Gasteiger partial charge is 0.231 e. The van der Waals surface area contributed by atoms with Gasteiger partial charge in [0.2, 0.25) is 5.91 Å². The molecule has 0 spiro atoms. The van der Waals surface area contributed by atoms with Crippen LogP contribution < -0.4 is 5.73 Å². The Morgan fingerprint density at radius 1 is 1.09 bits per heavy atom. The highest BCUT2D eigenvalue weighted by molar-refractivity contribution is 5.85. The van der Waals surface area contributed by atoms with Crippen molar-refractivity contribution < 1.29 is 4.79 Å². The largest absolute Gasteiger partial charge is 0.341 e. The average molecular weight is 331 g/mol. The Balaban J connectivity index is 0.00000192. The third kappa shape index (κ3) is 3.92. The summed E-state index contributed by atoms with van der Waals surface area (Å²) in [5.41, 5.74) is 8.20. The lowest BCUT2D eigenvalue weighted by atomic mass is 9.97. The Bertz CT molecular complexity index is 618. The quantitative estimate of drug-likeness (QED) is 0.936. The van der Waals surface area contributed by atoms with Gasteiger partial charge in [-0.2, -0.15) is 0 Å². The first-order valence-electron chi connectivity index (χ1n) is 7.88. The second-order valence-corrected chi connectivity index (χ2v) is 5.88. The maximum Gasteiger partial charge on any atom is 0.231 e. The van der Waals surface area contributed by atoms with Crippen LogP contribution in [0.4, 0.5) is 0 Å². The van der Waals surface area contributed by atoms with E-state index >= 15 is 0 Å². The maximum atomic E-state index is 12.8. The first-order valence-corrected chi connectivity index (χ1v) is 7.88. The fourth-order valence-electron chi connectivity index (χ4n) is 3.24. The van der Waals surface area contributed by atoms with Gasteiger partial charge in [-0.3, -0.25) is 4.79 Å². The number of likely N-dealkylation sites (tertiary alicyclic amines) is 1. The molecule has 23 heavy (non-hydrogen) atoms. The van der Waals surface area contributed by atoms with Gasteiger partial charge in [-0.05, 0) is 17.5 Å². The van der Waals surface area contributed by atoms with Crippen LogP contribution in [0.25, 0.3) is 0 Å². The van der Waals surface area contributed by atoms with Gasteiger partial charge in [0.25, 0.3) is 0 Å². The van der Waals surface area contributed by atoms with Crippen LogP contribution in [0.3, 0.4) is 0 Å². The molecule has 1 aliphatic heterocycles. The van der Waals surface area contributed by atoms with E-state index in [4.69, 9.17) is 5.73 Å². The summed E-state index contributed by atoms with van der Waals surface area (Å²) in [6, 6.07) is 20.3. The van der Waals surface area contributed by atoms with Gasteiger partial charge < -0.3 is 10.6 Å². The van der Waals surface area contributed by atoms with Gasteiger partial charge in [-0.1, -0.05) is 60.7 Å². The average Bonchev–Trinajstić information content (AvgIpc) is 3.07. The van der Waals surface area contributed by atoms with Crippen LogP contribution in [-0.4, -0.2) is 30.4 Å². The molecule has 2 atom stereocenters. The first-order chi connectivity index (χ1) is 10.8. The molecule has 1 amide bonds. The van der Waals surface area contributed by atoms with Crippen LogP contribution in [-0.2, 0) is 4.79 Å². The minimum absolute atomic E-state index is 0. The van der Waals surface area contributed by atoms with Gasteiger partial charge in [0.15, 0.2) is 0 Å². The van der Waals surface area contributed by atoms with Gasteiger partial charge in [-0.25, -0.2) is 0 Å². The molecule has 4 heteroatoms. The highest BCUT2D eigenvalue weighted by Crippen LogP contribution is 2.29. The maximum absolute atomic E-state index is 12.8. The van der Waals surface area contributed by atoms with Crippen LogP contribution in [0.15, 0.2) is 60.7 Å². The Kier molecular flexibility index (Phi) is 6.20. The van der Waals surface area contributed by atoms with Crippen molar-refractivity contribution in [3.05, 3.63) is 71.8 Å². The molecule has 0 bridgehead atoms. The first kappa shape index (κ1) is 17.5. The summed E-state index contributed by atoms with van der Waals surface area (Å²) in [6.07, 6.45) is 1.03. The number of carbonyl (C=O) groups excluding carboxylic acids is 1. The molecule has 2 aromatic carbocycles. The van der Waals surface area contributed by atoms with Gasteiger partial charge >= 0.3 is 0 Å². The van der Waals surface area contributed by atoms with E-state index in [0.717, 1.165) is 25.1 Å². The summed E-state index contributed by atoms with van der Waals surface area (Å²) in [5, 5.41) is 0. The lowest BCUT2D eigenvalue weighted by Crippen LogP contribution is -2.36. The number of nitrogens with two attached hydrogens (primary N) is 1. The monoisotopic (exact) mass is 330 g/mol. The van der Waals surface area contributed by atoms with Crippen LogP contribution in [0.2, 0.25) is 0 Å². The topological polar surface area (TPSA) is 46.3 Å². The molecular weight excluding hydrogens is 308 g/mol. The summed E-state index contributed by atoms with van der Waals surface area (Å²) in [7, 11) is 0. The fraction of sp³-hybridized carbons (Fsp3) is 0.316. The third-order valence-corrected chi connectivity index (χ3v) is 4.51. The minimum Gasteiger partial charge on any atom is -0.341 e. The SMILES string of the molecule is Cl.NCC(C(=O)N1CCC(c2ccccc2)C1)c1ccccc1. The number of halogens is 1. The van der Waals surface area contributed by atoms with Crippen molar-refractivity contribution in [2.45, 2.75) is 18.3 Å². The molecule has 0 aromatic heterocycles. The molecule has 0 aliphatic carbocycles. The van der Waals surface area contributed by atoms with Gasteiger partial charge in [-0.15, -0.1) is 12.4 Å². The van der Waals surface area contributed by atoms with Gasteiger partial charge in [0, 0.05) is 25.6 Å². The van der Waals surface area contributed by atoms with E-state index < -0.39 is 0 Å². The zero-order valence-electron chi connectivity index (χ0n) is 13.1. The van der Waals surface area contributed by atoms with E-state index in [0.29, 0.717) is 12.5 Å². The van der Waals surface area contributed by atoms with E-state index in [9.17, 15) is 4.79 Å². The van der Waals surface area contributed by atoms with Crippen LogP contribution in [0.1, 0.15) is 29.4 Å². The number of carbonyl (C=O) groups is 1. The van der Waals surface area contributed by atoms with Gasteiger partial charge in [0.05, 0.1) is 5.92 Å². The standard InChI is InChI=1S/C19H22N2O.ClH/c20-13-18(16-9-5-2-6-10-16)19(22)21-12-11-17(14-21)15-7-3-1-4-8-15;/h1-10,17-18H,11-14,20H2;1H. The number of hydrogen-bond donors (Lipinski definition) is 1. The summed E-state index contributed by atoms with van der Waals surface area (Å²) < 4.78 is 0. The Morgan fingerprint density at radius 2 is 1.70 bits per heavy atom. The normalized spacial score (nSPS) is 18.3. The Morgan fingerprint density at radius 3 is 2.30 bits per heavy atom.